The van der Waals surface area contributed by atoms with Crippen LogP contribution in [0.1, 0.15) is 0 Å². The molecule has 0 bridgehead atoms. The molecule has 0 unspecified atom stereocenters. The summed E-state index contributed by atoms with van der Waals surface area (Å²) < 4.78 is 15.8. The average molecular weight is 372 g/mol. The van der Waals surface area contributed by atoms with Crippen molar-refractivity contribution in [2.45, 2.75) is 0 Å². The molecule has 10 nitrogen and oxygen atoms in total. The van der Waals surface area contributed by atoms with Gasteiger partial charge in [0.15, 0.2) is 0 Å². The van der Waals surface area contributed by atoms with Gasteiger partial charge in [-0.05, 0) is 0 Å². The Balaban J connectivity index is -0.000000000333. The second kappa shape index (κ2) is 422. The van der Waals surface area contributed by atoms with Gasteiger partial charge in [0.2, 0.25) is 0 Å². The molecule has 0 aromatic heterocycles. The van der Waals surface area contributed by atoms with Gasteiger partial charge >= 0.3 is 75.5 Å². The third kappa shape index (κ3) is 344. The summed E-state index contributed by atoms with van der Waals surface area (Å²) in [5.41, 5.74) is 0. The zero-order valence-electron chi connectivity index (χ0n) is 6.99. The summed E-state index contributed by atoms with van der Waals surface area (Å²) in [7, 11) is 0. The van der Waals surface area contributed by atoms with E-state index in [9.17, 15) is 0 Å². The third-order valence-corrected chi connectivity index (χ3v) is 0. The largest absolute Gasteiger partial charge is 2.00 e. The van der Waals surface area contributed by atoms with Gasteiger partial charge in [0.05, 0.1) is 0 Å². The molecule has 0 atom stereocenters. The van der Waals surface area contributed by atoms with Gasteiger partial charge < -0.3 is 52.7 Å². The molecular weight excluding hydrogens is 356 g/mol. The first kappa shape index (κ1) is 178. The van der Waals surface area contributed by atoms with Crippen LogP contribution in [0.3, 0.4) is 0 Å². The molecule has 0 aliphatic heterocycles. The molecule has 0 aliphatic rings. The van der Waals surface area contributed by atoms with Crippen molar-refractivity contribution in [1.29, 1.82) is 0 Å². The van der Waals surface area contributed by atoms with Crippen LogP contribution in [0.15, 0.2) is 0 Å². The Labute approximate surface area is 154 Å². The van der Waals surface area contributed by atoms with E-state index < -0.39 is 0 Å². The van der Waals surface area contributed by atoms with E-state index in [0.29, 0.717) is 0 Å². The topological polar surface area (TPSA) is 298 Å². The predicted molar refractivity (Wildman–Crippen MR) is 55.2 cm³/mol. The maximum atomic E-state index is 8.06. The van der Waals surface area contributed by atoms with Gasteiger partial charge in [-0.25, -0.2) is 28.1 Å². The molecule has 16 N–H and O–H groups in total. The van der Waals surface area contributed by atoms with Gasteiger partial charge in [-0.2, -0.15) is 0 Å². The molecule has 0 saturated carbocycles. The maximum Gasteiger partial charge on any atom is 2.00 e. The van der Waals surface area contributed by atoms with Crippen LogP contribution in [-0.2, 0) is 0 Å². The van der Waals surface area contributed by atoms with E-state index in [0.717, 1.165) is 0 Å². The van der Waals surface area contributed by atoms with Crippen LogP contribution < -0.4 is 8.86 Å². The summed E-state index contributed by atoms with van der Waals surface area (Å²) in [5.74, 6) is 0. The van der Waals surface area contributed by atoms with Gasteiger partial charge in [0.25, 0.3) is 0 Å². The van der Waals surface area contributed by atoms with Crippen molar-refractivity contribution in [1.82, 2.24) is 0 Å². The molecule has 0 radical (unpaired) electrons. The number of hydrogen-bond acceptors (Lipinski definition) is 2. The molecule has 0 spiro atoms. The number of halogens is 2. The zero-order chi connectivity index (χ0) is 4.00. The van der Waals surface area contributed by atoms with E-state index in [1.54, 1.807) is 16.3 Å². The van der Waals surface area contributed by atoms with Crippen molar-refractivity contribution in [3.63, 3.8) is 0 Å². The molecule has 0 amide bonds. The Hall–Kier alpha value is 2.89. The summed E-state index contributed by atoms with van der Waals surface area (Å²) >= 11 is 5.08. The quantitative estimate of drug-likeness (QED) is 0.374. The van der Waals surface area contributed by atoms with Gasteiger partial charge in [-0.3, -0.25) is 0 Å². The van der Waals surface area contributed by atoms with E-state index in [-0.39, 0.29) is 119 Å². The second-order valence-corrected chi connectivity index (χ2v) is 0. The van der Waals surface area contributed by atoms with Crippen LogP contribution in [-0.4, -0.2) is 119 Å². The van der Waals surface area contributed by atoms with E-state index in [1.807, 2.05) is 0 Å². The second-order valence-electron chi connectivity index (χ2n) is 0. The fraction of sp³-hybridized carbons (Fsp3) is 0. The van der Waals surface area contributed by atoms with E-state index in [1.165, 1.54) is 0 Å². The van der Waals surface area contributed by atoms with Crippen molar-refractivity contribution in [3.8, 4) is 0 Å². The minimum atomic E-state index is 0. The molecule has 0 aromatic rings. The molecule has 14 heteroatoms. The molecule has 0 rings (SSSR count). The molecular formula is H16BrCa2ClO10+2. The van der Waals surface area contributed by atoms with Gasteiger partial charge in [-0.1, -0.05) is 0 Å². The fourth-order valence-corrected chi connectivity index (χ4v) is 0. The fourth-order valence-electron chi connectivity index (χ4n) is 0. The minimum Gasteiger partial charge on any atom is -0.791 e. The Morgan fingerprint density at radius 1 is 0.500 bits per heavy atom. The normalized spacial score (nSPS) is 0.857. The van der Waals surface area contributed by atoms with Gasteiger partial charge in [0, 0.05) is 0 Å². The molecule has 14 heavy (non-hydrogen) atoms. The minimum absolute atomic E-state index is 0. The smallest absolute Gasteiger partial charge is 0.791 e. The first-order valence-electron chi connectivity index (χ1n) is 0.309. The van der Waals surface area contributed by atoms with Crippen LogP contribution in [0.5, 0.6) is 0 Å². The number of hydrogen-bond donors (Lipinski definition) is 0. The molecule has 92 valence electrons. The van der Waals surface area contributed by atoms with Gasteiger partial charge in [0.1, 0.15) is 0 Å². The van der Waals surface area contributed by atoms with E-state index in [4.69, 9.17) is 8.86 Å². The Morgan fingerprint density at radius 2 is 0.500 bits per heavy atom. The first-order chi connectivity index (χ1) is 2.00. The Bertz CT molecular complexity index is 18.1. The maximum absolute atomic E-state index is 8.06. The van der Waals surface area contributed by atoms with E-state index in [2.05, 4.69) is 11.9 Å². The van der Waals surface area contributed by atoms with Crippen LogP contribution in [0.2, 0.25) is 0 Å². The average Bonchev–Trinajstić information content (AvgIpc) is 1.50. The summed E-state index contributed by atoms with van der Waals surface area (Å²) in [6, 6.07) is 0. The summed E-state index contributed by atoms with van der Waals surface area (Å²) in [5, 5.41) is 0. The molecule has 0 saturated heterocycles. The summed E-state index contributed by atoms with van der Waals surface area (Å²) in [6.07, 6.45) is 0. The Kier molecular flexibility index (Phi) is 5380. The van der Waals surface area contributed by atoms with Crippen LogP contribution in [0.4, 0.5) is 0 Å². The van der Waals surface area contributed by atoms with Crippen LogP contribution in [0.25, 0.3) is 0 Å². The van der Waals surface area contributed by atoms with Crippen LogP contribution in [0, 0.1) is 0 Å². The van der Waals surface area contributed by atoms with Crippen molar-refractivity contribution in [2.75, 3.05) is 0 Å². The van der Waals surface area contributed by atoms with Crippen molar-refractivity contribution >= 4 is 104 Å². The zero-order valence-corrected chi connectivity index (χ0v) is 13.7. The molecule has 0 aliphatic carbocycles. The Morgan fingerprint density at radius 3 is 0.500 bits per heavy atom. The van der Waals surface area contributed by atoms with Crippen molar-refractivity contribution in [3.05, 3.63) is 0 Å². The monoisotopic (exact) mass is 370 g/mol. The summed E-state index contributed by atoms with van der Waals surface area (Å²) in [6.45, 7) is 0. The first-order valence-corrected chi connectivity index (χ1v) is 1.26. The molecule has 0 heterocycles. The third-order valence-electron chi connectivity index (χ3n) is 0. The van der Waals surface area contributed by atoms with Crippen molar-refractivity contribution in [2.24, 2.45) is 0 Å². The molecule has 0 fully saturated rings. The molecule has 0 aromatic carbocycles. The van der Waals surface area contributed by atoms with E-state index >= 15 is 0 Å². The summed E-state index contributed by atoms with van der Waals surface area (Å²) in [4.78, 5) is 0. The van der Waals surface area contributed by atoms with Crippen molar-refractivity contribution < 1.29 is 52.7 Å². The predicted octanol–water partition coefficient (Wildman–Crippen LogP) is -8.20. The SMILES string of the molecule is O.O.O.O.O.O.O.O.[Ca+2].[Ca+2].[O-]Br.[O-]Cl. The standard InChI is InChI=1S/BrO.2Ca.ClO.8H2O/c1-2;;;1-2;;;;;;;;/h;;;;8*1H2/q-1;2*+2;-1;;;;;;;;. The number of rotatable bonds is 0. The van der Waals surface area contributed by atoms with Gasteiger partial charge in [-0.15, -0.1) is 0 Å². The van der Waals surface area contributed by atoms with Crippen LogP contribution >= 0.6 is 28.1 Å².